The molecule has 1 aromatic heterocycles. The Hall–Kier alpha value is -2.44. The van der Waals surface area contributed by atoms with Crippen LogP contribution >= 0.6 is 0 Å². The summed E-state index contributed by atoms with van der Waals surface area (Å²) in [5.74, 6) is 0.728. The van der Waals surface area contributed by atoms with Crippen LogP contribution in [-0.4, -0.2) is 37.9 Å². The minimum atomic E-state index is -3.63. The van der Waals surface area contributed by atoms with Crippen LogP contribution in [-0.2, 0) is 10.0 Å². The van der Waals surface area contributed by atoms with Gasteiger partial charge in [0.05, 0.1) is 10.4 Å². The van der Waals surface area contributed by atoms with Gasteiger partial charge in [0.2, 0.25) is 10.0 Å². The van der Waals surface area contributed by atoms with E-state index in [0.717, 1.165) is 16.9 Å². The summed E-state index contributed by atoms with van der Waals surface area (Å²) >= 11 is 0. The van der Waals surface area contributed by atoms with Crippen molar-refractivity contribution in [2.75, 3.05) is 20.2 Å². The van der Waals surface area contributed by atoms with E-state index in [9.17, 15) is 8.42 Å². The SMILES string of the molecule is Cc1ccc(OCCN(C)S(=O)(=O)c2ccc(C)c3ncccc23)cc1. The monoisotopic (exact) mass is 370 g/mol. The number of hydrogen-bond donors (Lipinski definition) is 0. The molecule has 0 fully saturated rings. The smallest absolute Gasteiger partial charge is 0.243 e. The summed E-state index contributed by atoms with van der Waals surface area (Å²) < 4.78 is 32.9. The third kappa shape index (κ3) is 3.71. The summed E-state index contributed by atoms with van der Waals surface area (Å²) in [6.07, 6.45) is 1.67. The molecule has 5 nitrogen and oxygen atoms in total. The van der Waals surface area contributed by atoms with Crippen LogP contribution in [0.1, 0.15) is 11.1 Å². The predicted molar refractivity (Wildman–Crippen MR) is 103 cm³/mol. The Balaban J connectivity index is 1.77. The summed E-state index contributed by atoms with van der Waals surface area (Å²) in [6.45, 7) is 4.46. The van der Waals surface area contributed by atoms with Gasteiger partial charge in [-0.1, -0.05) is 23.8 Å². The van der Waals surface area contributed by atoms with Gasteiger partial charge in [-0.2, -0.15) is 4.31 Å². The van der Waals surface area contributed by atoms with Crippen LogP contribution in [0.15, 0.2) is 59.6 Å². The summed E-state index contributed by atoms with van der Waals surface area (Å²) in [4.78, 5) is 4.58. The Morgan fingerprint density at radius 2 is 1.77 bits per heavy atom. The summed E-state index contributed by atoms with van der Waals surface area (Å²) in [7, 11) is -2.06. The molecule has 0 bridgehead atoms. The standard InChI is InChI=1S/C20H22N2O3S/c1-15-6-9-17(10-7-15)25-14-13-22(3)26(23,24)19-11-8-16(2)20-18(19)5-4-12-21-20/h4-12H,13-14H2,1-3H3. The molecular weight excluding hydrogens is 348 g/mol. The largest absolute Gasteiger partial charge is 0.492 e. The van der Waals surface area contributed by atoms with Crippen LogP contribution in [0.4, 0.5) is 0 Å². The van der Waals surface area contributed by atoms with Gasteiger partial charge in [-0.3, -0.25) is 4.98 Å². The van der Waals surface area contributed by atoms with Crippen LogP contribution in [0, 0.1) is 13.8 Å². The highest BCUT2D eigenvalue weighted by Crippen LogP contribution is 2.26. The molecular formula is C20H22N2O3S. The summed E-state index contributed by atoms with van der Waals surface area (Å²) in [5, 5.41) is 0.638. The van der Waals surface area contributed by atoms with Crippen molar-refractivity contribution in [3.8, 4) is 5.75 Å². The van der Waals surface area contributed by atoms with Crippen LogP contribution in [0.2, 0.25) is 0 Å². The molecule has 0 aliphatic rings. The fraction of sp³-hybridized carbons (Fsp3) is 0.250. The molecule has 0 radical (unpaired) electrons. The lowest BCUT2D eigenvalue weighted by Gasteiger charge is -2.19. The molecule has 0 N–H and O–H groups in total. The number of aromatic nitrogens is 1. The van der Waals surface area contributed by atoms with Gasteiger partial charge in [0.15, 0.2) is 0 Å². The van der Waals surface area contributed by atoms with Crippen LogP contribution < -0.4 is 4.74 Å². The van der Waals surface area contributed by atoms with Gasteiger partial charge >= 0.3 is 0 Å². The Labute approximate surface area is 154 Å². The molecule has 0 amide bonds. The summed E-state index contributed by atoms with van der Waals surface area (Å²) in [5.41, 5.74) is 2.81. The molecule has 0 unspecified atom stereocenters. The lowest BCUT2D eigenvalue weighted by atomic mass is 10.1. The molecule has 136 valence electrons. The molecule has 0 saturated carbocycles. The molecule has 0 aliphatic heterocycles. The molecule has 2 aromatic carbocycles. The van der Waals surface area contributed by atoms with Crippen LogP contribution in [0.5, 0.6) is 5.75 Å². The molecule has 6 heteroatoms. The summed E-state index contributed by atoms with van der Waals surface area (Å²) in [6, 6.07) is 14.7. The number of aryl methyl sites for hydroxylation is 2. The van der Waals surface area contributed by atoms with E-state index in [-0.39, 0.29) is 18.0 Å². The van der Waals surface area contributed by atoms with E-state index in [1.807, 2.05) is 38.1 Å². The zero-order chi connectivity index (χ0) is 18.7. The van der Waals surface area contributed by atoms with E-state index in [1.54, 1.807) is 37.5 Å². The maximum atomic E-state index is 13.0. The highest BCUT2D eigenvalue weighted by atomic mass is 32.2. The number of ether oxygens (including phenoxy) is 1. The minimum absolute atomic E-state index is 0.256. The van der Waals surface area contributed by atoms with Crippen molar-refractivity contribution in [3.63, 3.8) is 0 Å². The maximum absolute atomic E-state index is 13.0. The van der Waals surface area contributed by atoms with Crippen molar-refractivity contribution >= 4 is 20.9 Å². The first-order chi connectivity index (χ1) is 12.4. The number of benzene rings is 2. The minimum Gasteiger partial charge on any atom is -0.492 e. The molecule has 3 aromatic rings. The fourth-order valence-corrected chi connectivity index (χ4v) is 4.06. The number of pyridine rings is 1. The van der Waals surface area contributed by atoms with Crippen molar-refractivity contribution in [2.45, 2.75) is 18.7 Å². The number of likely N-dealkylation sites (N-methyl/N-ethyl adjacent to an activating group) is 1. The van der Waals surface area contributed by atoms with E-state index in [2.05, 4.69) is 4.98 Å². The average molecular weight is 370 g/mol. The molecule has 3 rings (SSSR count). The normalized spacial score (nSPS) is 11.8. The Bertz CT molecular complexity index is 1010. The van der Waals surface area contributed by atoms with Crippen LogP contribution in [0.3, 0.4) is 0 Å². The molecule has 0 saturated heterocycles. The molecule has 0 aliphatic carbocycles. The second-order valence-corrected chi connectivity index (χ2v) is 8.28. The topological polar surface area (TPSA) is 59.5 Å². The number of sulfonamides is 1. The van der Waals surface area contributed by atoms with Gasteiger partial charge in [0.1, 0.15) is 12.4 Å². The van der Waals surface area contributed by atoms with Crippen LogP contribution in [0.25, 0.3) is 10.9 Å². The highest BCUT2D eigenvalue weighted by molar-refractivity contribution is 7.89. The van der Waals surface area contributed by atoms with Gasteiger partial charge < -0.3 is 4.74 Å². The van der Waals surface area contributed by atoms with Gasteiger partial charge in [-0.05, 0) is 49.7 Å². The van der Waals surface area contributed by atoms with Gasteiger partial charge in [0.25, 0.3) is 0 Å². The first-order valence-corrected chi connectivity index (χ1v) is 9.84. The second kappa shape index (κ2) is 7.43. The zero-order valence-corrected chi connectivity index (χ0v) is 16.0. The lowest BCUT2D eigenvalue weighted by Crippen LogP contribution is -2.31. The number of hydrogen-bond acceptors (Lipinski definition) is 4. The lowest BCUT2D eigenvalue weighted by molar-refractivity contribution is 0.287. The third-order valence-electron chi connectivity index (χ3n) is 4.32. The molecule has 1 heterocycles. The van der Waals surface area contributed by atoms with Crippen molar-refractivity contribution in [2.24, 2.45) is 0 Å². The van der Waals surface area contributed by atoms with E-state index in [1.165, 1.54) is 4.31 Å². The van der Waals surface area contributed by atoms with Gasteiger partial charge in [-0.25, -0.2) is 8.42 Å². The quantitative estimate of drug-likeness (QED) is 0.666. The number of fused-ring (bicyclic) bond motifs is 1. The molecule has 0 spiro atoms. The van der Waals surface area contributed by atoms with Crippen molar-refractivity contribution in [1.29, 1.82) is 0 Å². The Morgan fingerprint density at radius 1 is 1.04 bits per heavy atom. The van der Waals surface area contributed by atoms with E-state index in [4.69, 9.17) is 4.74 Å². The van der Waals surface area contributed by atoms with Gasteiger partial charge in [-0.15, -0.1) is 0 Å². The third-order valence-corrected chi connectivity index (χ3v) is 6.23. The molecule has 0 atom stereocenters. The van der Waals surface area contributed by atoms with Crippen molar-refractivity contribution < 1.29 is 13.2 Å². The fourth-order valence-electron chi connectivity index (χ4n) is 2.73. The highest BCUT2D eigenvalue weighted by Gasteiger charge is 2.23. The van der Waals surface area contributed by atoms with Crippen molar-refractivity contribution in [3.05, 3.63) is 65.9 Å². The van der Waals surface area contributed by atoms with E-state index < -0.39 is 10.0 Å². The Morgan fingerprint density at radius 3 is 2.50 bits per heavy atom. The maximum Gasteiger partial charge on any atom is 0.243 e. The number of nitrogens with zero attached hydrogens (tertiary/aromatic N) is 2. The first kappa shape index (κ1) is 18.4. The number of rotatable bonds is 6. The van der Waals surface area contributed by atoms with E-state index >= 15 is 0 Å². The first-order valence-electron chi connectivity index (χ1n) is 8.40. The average Bonchev–Trinajstić information content (AvgIpc) is 2.63. The van der Waals surface area contributed by atoms with Crippen molar-refractivity contribution in [1.82, 2.24) is 9.29 Å². The zero-order valence-electron chi connectivity index (χ0n) is 15.1. The van der Waals surface area contributed by atoms with E-state index in [0.29, 0.717) is 10.9 Å². The predicted octanol–water partition coefficient (Wildman–Crippen LogP) is 3.55. The molecule has 26 heavy (non-hydrogen) atoms. The Kier molecular flexibility index (Phi) is 5.25. The second-order valence-electron chi connectivity index (χ2n) is 6.27. The van der Waals surface area contributed by atoms with Gasteiger partial charge in [0, 0.05) is 25.2 Å².